The molecule has 1 amide bonds. The maximum Gasteiger partial charge on any atom is 0.433 e. The lowest BCUT2D eigenvalue weighted by Crippen LogP contribution is -2.28. The summed E-state index contributed by atoms with van der Waals surface area (Å²) in [4.78, 5) is 20.5. The van der Waals surface area contributed by atoms with Crippen LogP contribution in [0.3, 0.4) is 0 Å². The number of carbonyl (C=O) groups excluding carboxylic acids is 1. The van der Waals surface area contributed by atoms with Crippen molar-refractivity contribution < 1.29 is 26.6 Å². The average Bonchev–Trinajstić information content (AvgIpc) is 2.81. The smallest absolute Gasteiger partial charge is 0.351 e. The number of benzene rings is 1. The van der Waals surface area contributed by atoms with E-state index in [2.05, 4.69) is 20.0 Å². The number of carbonyl (C=O) groups is 1. The van der Waals surface area contributed by atoms with Crippen LogP contribution in [0.5, 0.6) is 0 Å². The summed E-state index contributed by atoms with van der Waals surface area (Å²) in [6.07, 6.45) is -1.75. The molecule has 0 aliphatic carbocycles. The number of pyridine rings is 2. The third-order valence-electron chi connectivity index (χ3n) is 5.07. The highest BCUT2D eigenvalue weighted by molar-refractivity contribution is 7.82. The predicted molar refractivity (Wildman–Crippen MR) is 120 cm³/mol. The van der Waals surface area contributed by atoms with Crippen LogP contribution in [0.4, 0.5) is 17.6 Å². The standard InChI is InChI=1S/C23H22F4N4O2S/c1-14(15-6-7-16(18(24)11-15)13-30-34(2)33)22(32)29-12-17-8-9-20(23(25,26)27)31-21(17)19-5-3-4-10-28-19/h3-11,14,30H,12-13H2,1-2H3,(H,29,32). The Balaban J connectivity index is 1.76. The molecule has 0 spiro atoms. The van der Waals surface area contributed by atoms with Gasteiger partial charge in [0.25, 0.3) is 0 Å². The minimum atomic E-state index is -4.63. The Bertz CT molecular complexity index is 1190. The molecular formula is C23H22F4N4O2S. The molecule has 0 radical (unpaired) electrons. The molecule has 3 aromatic rings. The molecule has 180 valence electrons. The number of halogens is 4. The molecule has 2 unspecified atom stereocenters. The van der Waals surface area contributed by atoms with Crippen molar-refractivity contribution in [2.24, 2.45) is 0 Å². The van der Waals surface area contributed by atoms with E-state index in [9.17, 15) is 26.6 Å². The highest BCUT2D eigenvalue weighted by atomic mass is 32.2. The van der Waals surface area contributed by atoms with Gasteiger partial charge < -0.3 is 5.32 Å². The number of hydrogen-bond donors (Lipinski definition) is 2. The summed E-state index contributed by atoms with van der Waals surface area (Å²) in [5.41, 5.74) is 0.278. The van der Waals surface area contributed by atoms with E-state index < -0.39 is 40.5 Å². The van der Waals surface area contributed by atoms with Crippen LogP contribution >= 0.6 is 0 Å². The molecule has 2 aromatic heterocycles. The lowest BCUT2D eigenvalue weighted by Gasteiger charge is -2.16. The third-order valence-corrected chi connectivity index (χ3v) is 5.62. The van der Waals surface area contributed by atoms with Crippen LogP contribution in [-0.2, 0) is 35.0 Å². The summed E-state index contributed by atoms with van der Waals surface area (Å²) in [6.45, 7) is 1.58. The van der Waals surface area contributed by atoms with Gasteiger partial charge in [0.05, 0.1) is 28.3 Å². The molecule has 0 aliphatic rings. The van der Waals surface area contributed by atoms with Gasteiger partial charge in [0, 0.05) is 31.1 Å². The molecule has 2 heterocycles. The van der Waals surface area contributed by atoms with Gasteiger partial charge in [-0.15, -0.1) is 0 Å². The van der Waals surface area contributed by atoms with Gasteiger partial charge in [0.2, 0.25) is 5.91 Å². The zero-order chi connectivity index (χ0) is 24.9. The SMILES string of the molecule is CC(C(=O)NCc1ccc(C(F)(F)F)nc1-c1ccccn1)c1ccc(CNS(C)=O)c(F)c1. The van der Waals surface area contributed by atoms with Crippen LogP contribution in [0.1, 0.15) is 35.2 Å². The van der Waals surface area contributed by atoms with E-state index in [1.165, 1.54) is 36.7 Å². The van der Waals surface area contributed by atoms with Crippen molar-refractivity contribution in [2.45, 2.75) is 32.1 Å². The van der Waals surface area contributed by atoms with E-state index in [4.69, 9.17) is 0 Å². The number of hydrogen-bond acceptors (Lipinski definition) is 4. The molecule has 0 bridgehead atoms. The fraction of sp³-hybridized carbons (Fsp3) is 0.261. The van der Waals surface area contributed by atoms with Gasteiger partial charge in [-0.1, -0.05) is 24.3 Å². The molecule has 0 saturated carbocycles. The average molecular weight is 495 g/mol. The molecule has 0 aliphatic heterocycles. The maximum atomic E-state index is 14.4. The van der Waals surface area contributed by atoms with Gasteiger partial charge >= 0.3 is 6.18 Å². The molecule has 34 heavy (non-hydrogen) atoms. The van der Waals surface area contributed by atoms with Crippen LogP contribution in [0.2, 0.25) is 0 Å². The molecule has 1 aromatic carbocycles. The molecule has 3 rings (SSSR count). The summed E-state index contributed by atoms with van der Waals surface area (Å²) in [6, 6.07) is 11.2. The van der Waals surface area contributed by atoms with E-state index in [1.54, 1.807) is 25.1 Å². The van der Waals surface area contributed by atoms with E-state index in [-0.39, 0.29) is 24.5 Å². The number of nitrogens with zero attached hydrogens (tertiary/aromatic N) is 2. The van der Waals surface area contributed by atoms with Crippen molar-refractivity contribution in [1.29, 1.82) is 0 Å². The molecule has 6 nitrogen and oxygen atoms in total. The first-order valence-corrected chi connectivity index (χ1v) is 11.7. The van der Waals surface area contributed by atoms with Gasteiger partial charge in [0.15, 0.2) is 0 Å². The zero-order valence-corrected chi connectivity index (χ0v) is 19.1. The summed E-state index contributed by atoms with van der Waals surface area (Å²) >= 11 is 0. The molecule has 2 atom stereocenters. The first kappa shape index (κ1) is 25.4. The Morgan fingerprint density at radius 1 is 1.09 bits per heavy atom. The van der Waals surface area contributed by atoms with Gasteiger partial charge in [-0.2, -0.15) is 13.2 Å². The number of nitrogens with one attached hydrogen (secondary N) is 2. The molecule has 0 fully saturated rings. The highest BCUT2D eigenvalue weighted by Gasteiger charge is 2.33. The Morgan fingerprint density at radius 3 is 2.44 bits per heavy atom. The number of rotatable bonds is 8. The summed E-state index contributed by atoms with van der Waals surface area (Å²) in [5.74, 6) is -1.70. The number of aromatic nitrogens is 2. The summed E-state index contributed by atoms with van der Waals surface area (Å²) < 4.78 is 67.6. The van der Waals surface area contributed by atoms with Crippen molar-refractivity contribution in [3.63, 3.8) is 0 Å². The van der Waals surface area contributed by atoms with Crippen LogP contribution < -0.4 is 10.0 Å². The quantitative estimate of drug-likeness (QED) is 0.462. The Labute approximate surface area is 196 Å². The molecule has 0 saturated heterocycles. The largest absolute Gasteiger partial charge is 0.433 e. The second-order valence-corrected chi connectivity index (χ2v) is 8.68. The fourth-order valence-corrected chi connectivity index (χ4v) is 3.51. The maximum absolute atomic E-state index is 14.4. The Morgan fingerprint density at radius 2 is 1.82 bits per heavy atom. The normalized spacial score (nSPS) is 13.4. The van der Waals surface area contributed by atoms with Gasteiger partial charge in [-0.3, -0.25) is 9.78 Å². The monoisotopic (exact) mass is 494 g/mol. The highest BCUT2D eigenvalue weighted by Crippen LogP contribution is 2.31. The minimum Gasteiger partial charge on any atom is -0.351 e. The van der Waals surface area contributed by atoms with Gasteiger partial charge in [-0.25, -0.2) is 18.3 Å². The number of amides is 1. The molecular weight excluding hydrogens is 472 g/mol. The van der Waals surface area contributed by atoms with E-state index >= 15 is 0 Å². The van der Waals surface area contributed by atoms with E-state index in [0.29, 0.717) is 16.7 Å². The zero-order valence-electron chi connectivity index (χ0n) is 18.3. The van der Waals surface area contributed by atoms with Crippen LogP contribution in [0.25, 0.3) is 11.4 Å². The van der Waals surface area contributed by atoms with Crippen LogP contribution in [-0.4, -0.2) is 26.3 Å². The molecule has 2 N–H and O–H groups in total. The van der Waals surface area contributed by atoms with Crippen molar-refractivity contribution >= 4 is 16.9 Å². The van der Waals surface area contributed by atoms with Crippen molar-refractivity contribution in [2.75, 3.05) is 6.26 Å². The lowest BCUT2D eigenvalue weighted by molar-refractivity contribution is -0.141. The summed E-state index contributed by atoms with van der Waals surface area (Å²) in [7, 11) is -1.29. The van der Waals surface area contributed by atoms with Crippen molar-refractivity contribution in [3.8, 4) is 11.4 Å². The van der Waals surface area contributed by atoms with Gasteiger partial charge in [0.1, 0.15) is 11.5 Å². The predicted octanol–water partition coefficient (Wildman–Crippen LogP) is 4.10. The first-order valence-electron chi connectivity index (χ1n) is 10.2. The lowest BCUT2D eigenvalue weighted by atomic mass is 9.98. The third kappa shape index (κ3) is 6.45. The van der Waals surface area contributed by atoms with Crippen molar-refractivity contribution in [3.05, 3.63) is 82.9 Å². The second kappa shape index (κ2) is 10.8. The van der Waals surface area contributed by atoms with Crippen molar-refractivity contribution in [1.82, 2.24) is 20.0 Å². The summed E-state index contributed by atoms with van der Waals surface area (Å²) in [5, 5.41) is 2.68. The van der Waals surface area contributed by atoms with Gasteiger partial charge in [-0.05, 0) is 42.3 Å². The van der Waals surface area contributed by atoms with E-state index in [0.717, 1.165) is 6.07 Å². The van der Waals surface area contributed by atoms with E-state index in [1.807, 2.05) is 0 Å². The Hall–Kier alpha value is -3.18. The number of alkyl halides is 3. The first-order chi connectivity index (χ1) is 16.1. The fourth-order valence-electron chi connectivity index (χ4n) is 3.16. The van der Waals surface area contributed by atoms with Crippen LogP contribution in [0, 0.1) is 5.82 Å². The minimum absolute atomic E-state index is 0.0135. The van der Waals surface area contributed by atoms with Crippen LogP contribution in [0.15, 0.2) is 54.7 Å². The second-order valence-electron chi connectivity index (χ2n) is 7.48. The Kier molecular flexibility index (Phi) is 8.11. The topological polar surface area (TPSA) is 84.0 Å². The molecule has 11 heteroatoms.